The molecule has 0 saturated heterocycles. The fraction of sp³-hybridized carbons (Fsp3) is 0.227. The molecule has 28 heavy (non-hydrogen) atoms. The average Bonchev–Trinajstić information content (AvgIpc) is 3.21. The van der Waals surface area contributed by atoms with E-state index in [1.54, 1.807) is 12.1 Å². The number of nitrogens with zero attached hydrogens (tertiary/aromatic N) is 1. The van der Waals surface area contributed by atoms with Crippen LogP contribution in [-0.2, 0) is 16.6 Å². The van der Waals surface area contributed by atoms with Gasteiger partial charge in [-0.1, -0.05) is 36.4 Å². The van der Waals surface area contributed by atoms with Crippen molar-refractivity contribution in [1.82, 2.24) is 5.32 Å². The molecular weight excluding hydrogens is 372 g/mol. The van der Waals surface area contributed by atoms with E-state index in [1.165, 1.54) is 0 Å². The van der Waals surface area contributed by atoms with Gasteiger partial charge in [-0.05, 0) is 43.3 Å². The quantitative estimate of drug-likeness (QED) is 0.597. The molecule has 0 aliphatic carbocycles. The Morgan fingerprint density at radius 2 is 1.68 bits per heavy atom. The van der Waals surface area contributed by atoms with Crippen molar-refractivity contribution in [3.63, 3.8) is 0 Å². The molecule has 0 aliphatic heterocycles. The molecule has 0 saturated carbocycles. The minimum atomic E-state index is -1.20. The normalized spacial score (nSPS) is 11.8. The summed E-state index contributed by atoms with van der Waals surface area (Å²) in [7, 11) is -1.20. The van der Waals surface area contributed by atoms with E-state index in [1.807, 2.05) is 48.5 Å². The first kappa shape index (κ1) is 19.9. The Morgan fingerprint density at radius 1 is 1.00 bits per heavy atom. The molecule has 1 N–H and O–H groups in total. The predicted molar refractivity (Wildman–Crippen MR) is 112 cm³/mol. The maximum Gasteiger partial charge on any atom is 0.287 e. The maximum absolute atomic E-state index is 12.4. The summed E-state index contributed by atoms with van der Waals surface area (Å²) in [4.78, 5) is 15.3. The number of rotatable bonds is 9. The van der Waals surface area contributed by atoms with Gasteiger partial charge in [0.2, 0.25) is 0 Å². The number of nitrogens with one attached hydrogen (secondary N) is 1. The summed E-state index contributed by atoms with van der Waals surface area (Å²) in [6, 6.07) is 22.6. The fourth-order valence-electron chi connectivity index (χ4n) is 2.86. The minimum Gasteiger partial charge on any atom is -0.455 e. The Bertz CT molecular complexity index is 910. The molecule has 146 valence electrons. The first-order chi connectivity index (χ1) is 13.7. The van der Waals surface area contributed by atoms with Gasteiger partial charge in [0.15, 0.2) is 5.76 Å². The van der Waals surface area contributed by atoms with Gasteiger partial charge >= 0.3 is 0 Å². The zero-order valence-corrected chi connectivity index (χ0v) is 16.7. The lowest BCUT2D eigenvalue weighted by Gasteiger charge is -2.23. The molecule has 3 aromatic rings. The molecule has 1 heterocycles. The van der Waals surface area contributed by atoms with Crippen molar-refractivity contribution in [2.75, 3.05) is 24.5 Å². The van der Waals surface area contributed by atoms with Crippen LogP contribution in [0.25, 0.3) is 0 Å². The number of amides is 1. The van der Waals surface area contributed by atoms with E-state index in [2.05, 4.69) is 29.3 Å². The van der Waals surface area contributed by atoms with Crippen LogP contribution in [0.5, 0.6) is 0 Å². The monoisotopic (exact) mass is 396 g/mol. The van der Waals surface area contributed by atoms with Crippen molar-refractivity contribution in [3.05, 3.63) is 84.3 Å². The number of furan rings is 1. The van der Waals surface area contributed by atoms with Gasteiger partial charge < -0.3 is 14.6 Å². The molecule has 6 heteroatoms. The van der Waals surface area contributed by atoms with E-state index in [-0.39, 0.29) is 17.4 Å². The highest BCUT2D eigenvalue weighted by Crippen LogP contribution is 2.15. The lowest BCUT2D eigenvalue weighted by molar-refractivity contribution is 0.0925. The highest BCUT2D eigenvalue weighted by Gasteiger charge is 2.14. The van der Waals surface area contributed by atoms with E-state index in [0.717, 1.165) is 17.1 Å². The maximum atomic E-state index is 12.4. The number of likely N-dealkylation sites (N-methyl/N-ethyl adjacent to an activating group) is 1. The Labute approximate surface area is 167 Å². The fourth-order valence-corrected chi connectivity index (χ4v) is 3.90. The van der Waals surface area contributed by atoms with Gasteiger partial charge in [0.05, 0.1) is 16.6 Å². The number of hydrogen-bond donors (Lipinski definition) is 1. The molecule has 0 aliphatic rings. The van der Waals surface area contributed by atoms with Crippen LogP contribution in [0.4, 0.5) is 5.69 Å². The van der Waals surface area contributed by atoms with Crippen LogP contribution in [0.1, 0.15) is 23.2 Å². The molecule has 0 radical (unpaired) electrons. The van der Waals surface area contributed by atoms with Gasteiger partial charge in [-0.2, -0.15) is 0 Å². The van der Waals surface area contributed by atoms with Crippen molar-refractivity contribution in [1.29, 1.82) is 0 Å². The first-order valence-corrected chi connectivity index (χ1v) is 10.6. The van der Waals surface area contributed by atoms with Crippen LogP contribution in [0.2, 0.25) is 0 Å². The molecular formula is C22H24N2O3S. The molecule has 0 unspecified atom stereocenters. The average molecular weight is 397 g/mol. The Hall–Kier alpha value is -2.86. The summed E-state index contributed by atoms with van der Waals surface area (Å²) < 4.78 is 17.9. The Balaban J connectivity index is 1.51. The third kappa shape index (κ3) is 5.33. The van der Waals surface area contributed by atoms with Crippen LogP contribution in [-0.4, -0.2) is 29.8 Å². The molecule has 0 spiro atoms. The van der Waals surface area contributed by atoms with Crippen molar-refractivity contribution in [2.24, 2.45) is 0 Å². The van der Waals surface area contributed by atoms with Crippen LogP contribution >= 0.6 is 0 Å². The topological polar surface area (TPSA) is 62.6 Å². The summed E-state index contributed by atoms with van der Waals surface area (Å²) in [6.07, 6.45) is 0. The van der Waals surface area contributed by atoms with Gasteiger partial charge in [0.25, 0.3) is 5.91 Å². The van der Waals surface area contributed by atoms with E-state index in [9.17, 15) is 9.00 Å². The van der Waals surface area contributed by atoms with E-state index < -0.39 is 10.8 Å². The van der Waals surface area contributed by atoms with E-state index >= 15 is 0 Å². The summed E-state index contributed by atoms with van der Waals surface area (Å²) >= 11 is 0. The molecule has 2 aromatic carbocycles. The minimum absolute atomic E-state index is 0.239. The zero-order chi connectivity index (χ0) is 19.8. The van der Waals surface area contributed by atoms with Crippen LogP contribution in [0.15, 0.2) is 82.1 Å². The SMILES string of the molecule is CCN(CCNC(=O)c1ccc(C[S@@](=O)c2ccccc2)o1)c1ccccc1. The van der Waals surface area contributed by atoms with Crippen molar-refractivity contribution < 1.29 is 13.4 Å². The van der Waals surface area contributed by atoms with E-state index in [0.29, 0.717) is 18.8 Å². The molecule has 3 rings (SSSR count). The Morgan fingerprint density at radius 3 is 2.36 bits per heavy atom. The lowest BCUT2D eigenvalue weighted by atomic mass is 10.3. The third-order valence-electron chi connectivity index (χ3n) is 4.34. The standard InChI is InChI=1S/C22H24N2O3S/c1-2-24(18-9-5-3-6-10-18)16-15-23-22(25)21-14-13-19(27-21)17-28(26)20-11-7-4-8-12-20/h3-14H,2,15-17H2,1H3,(H,23,25)/t28-/m1/s1. The van der Waals surface area contributed by atoms with E-state index in [4.69, 9.17) is 4.42 Å². The van der Waals surface area contributed by atoms with Crippen molar-refractivity contribution in [3.8, 4) is 0 Å². The smallest absolute Gasteiger partial charge is 0.287 e. The first-order valence-electron chi connectivity index (χ1n) is 9.27. The predicted octanol–water partition coefficient (Wildman–Crippen LogP) is 3.84. The number of benzene rings is 2. The van der Waals surface area contributed by atoms with Gasteiger partial charge in [0.1, 0.15) is 5.76 Å². The highest BCUT2D eigenvalue weighted by atomic mass is 32.2. The number of para-hydroxylation sites is 1. The second kappa shape index (κ2) is 9.90. The van der Waals surface area contributed by atoms with Crippen LogP contribution < -0.4 is 10.2 Å². The third-order valence-corrected chi connectivity index (χ3v) is 5.68. The number of anilines is 1. The second-order valence-corrected chi connectivity index (χ2v) is 7.69. The molecule has 5 nitrogen and oxygen atoms in total. The summed E-state index contributed by atoms with van der Waals surface area (Å²) in [5.74, 6) is 0.755. The highest BCUT2D eigenvalue weighted by molar-refractivity contribution is 7.84. The summed E-state index contributed by atoms with van der Waals surface area (Å²) in [5, 5.41) is 2.88. The Kier molecular flexibility index (Phi) is 7.03. The summed E-state index contributed by atoms with van der Waals surface area (Å²) in [6.45, 7) is 4.15. The van der Waals surface area contributed by atoms with Gasteiger partial charge in [0, 0.05) is 30.2 Å². The number of carbonyl (C=O) groups excluding carboxylic acids is 1. The largest absolute Gasteiger partial charge is 0.455 e. The molecule has 1 aromatic heterocycles. The zero-order valence-electron chi connectivity index (χ0n) is 15.8. The van der Waals surface area contributed by atoms with Gasteiger partial charge in [-0.15, -0.1) is 0 Å². The molecule has 1 atom stereocenters. The second-order valence-electron chi connectivity index (χ2n) is 6.24. The van der Waals surface area contributed by atoms with Gasteiger partial charge in [-0.3, -0.25) is 9.00 Å². The number of carbonyl (C=O) groups is 1. The van der Waals surface area contributed by atoms with Crippen molar-refractivity contribution in [2.45, 2.75) is 17.6 Å². The lowest BCUT2D eigenvalue weighted by Crippen LogP contribution is -2.34. The van der Waals surface area contributed by atoms with Crippen LogP contribution in [0.3, 0.4) is 0 Å². The molecule has 0 bridgehead atoms. The molecule has 1 amide bonds. The number of hydrogen-bond acceptors (Lipinski definition) is 4. The van der Waals surface area contributed by atoms with Gasteiger partial charge in [-0.25, -0.2) is 0 Å². The summed E-state index contributed by atoms with van der Waals surface area (Å²) in [5.41, 5.74) is 1.13. The molecule has 0 fully saturated rings. The van der Waals surface area contributed by atoms with Crippen LogP contribution in [0, 0.1) is 0 Å². The van der Waals surface area contributed by atoms with Crippen molar-refractivity contribution >= 4 is 22.4 Å².